The molecule has 1 amide bonds. The van der Waals surface area contributed by atoms with Gasteiger partial charge >= 0.3 is 5.97 Å². The number of hydrogen-bond acceptors (Lipinski definition) is 3. The van der Waals surface area contributed by atoms with E-state index in [0.29, 0.717) is 5.56 Å². The standard InChI is InChI=1S/C20H27NO3/c1-14-6-5-7-15(8-14)18(23)24-11-17(22)21-13-20(4)10-16(21)9-19(2,3)12-20/h5-8,16H,9-13H2,1-4H3/t16-,20-/m0/s1. The molecular formula is C20H27NO3. The lowest BCUT2D eigenvalue weighted by atomic mass is 9.65. The fraction of sp³-hybridized carbons (Fsp3) is 0.600. The van der Waals surface area contributed by atoms with Crippen LogP contribution in [0.15, 0.2) is 24.3 Å². The molecule has 2 bridgehead atoms. The van der Waals surface area contributed by atoms with Gasteiger partial charge in [0.05, 0.1) is 5.56 Å². The van der Waals surface area contributed by atoms with Gasteiger partial charge in [-0.3, -0.25) is 4.79 Å². The molecule has 24 heavy (non-hydrogen) atoms. The first-order chi connectivity index (χ1) is 11.2. The van der Waals surface area contributed by atoms with E-state index in [1.54, 1.807) is 12.1 Å². The van der Waals surface area contributed by atoms with E-state index in [2.05, 4.69) is 20.8 Å². The molecule has 4 nitrogen and oxygen atoms in total. The van der Waals surface area contributed by atoms with Crippen molar-refractivity contribution in [3.63, 3.8) is 0 Å². The normalized spacial score (nSPS) is 27.8. The Kier molecular flexibility index (Phi) is 4.18. The molecule has 2 atom stereocenters. The smallest absolute Gasteiger partial charge is 0.338 e. The van der Waals surface area contributed by atoms with Crippen molar-refractivity contribution in [2.45, 2.75) is 53.0 Å². The summed E-state index contributed by atoms with van der Waals surface area (Å²) in [6.45, 7) is 9.37. The summed E-state index contributed by atoms with van der Waals surface area (Å²) in [6, 6.07) is 7.52. The van der Waals surface area contributed by atoms with E-state index in [-0.39, 0.29) is 29.4 Å². The molecule has 0 spiro atoms. The summed E-state index contributed by atoms with van der Waals surface area (Å²) in [5.74, 6) is -0.497. The predicted molar refractivity (Wildman–Crippen MR) is 92.7 cm³/mol. The third kappa shape index (κ3) is 3.47. The van der Waals surface area contributed by atoms with Gasteiger partial charge in [0.2, 0.25) is 0 Å². The second kappa shape index (κ2) is 5.91. The summed E-state index contributed by atoms with van der Waals surface area (Å²) in [5.41, 5.74) is 1.96. The molecule has 1 aromatic carbocycles. The fourth-order valence-corrected chi connectivity index (χ4v) is 4.82. The zero-order chi connectivity index (χ0) is 17.5. The Labute approximate surface area is 144 Å². The van der Waals surface area contributed by atoms with E-state index in [0.717, 1.165) is 31.4 Å². The highest BCUT2D eigenvalue weighted by Crippen LogP contribution is 2.52. The third-order valence-corrected chi connectivity index (χ3v) is 5.32. The topological polar surface area (TPSA) is 46.6 Å². The maximum atomic E-state index is 12.6. The van der Waals surface area contributed by atoms with E-state index >= 15 is 0 Å². The largest absolute Gasteiger partial charge is 0.452 e. The van der Waals surface area contributed by atoms with Gasteiger partial charge in [-0.1, -0.05) is 38.5 Å². The molecule has 1 aromatic rings. The number of nitrogens with zero attached hydrogens (tertiary/aromatic N) is 1. The van der Waals surface area contributed by atoms with E-state index < -0.39 is 5.97 Å². The van der Waals surface area contributed by atoms with Gasteiger partial charge in [-0.2, -0.15) is 0 Å². The monoisotopic (exact) mass is 329 g/mol. The van der Waals surface area contributed by atoms with E-state index in [9.17, 15) is 9.59 Å². The first kappa shape index (κ1) is 17.0. The minimum atomic E-state index is -0.430. The number of aryl methyl sites for hydroxylation is 1. The van der Waals surface area contributed by atoms with Gasteiger partial charge in [0.1, 0.15) is 0 Å². The zero-order valence-electron chi connectivity index (χ0n) is 15.1. The molecule has 2 aliphatic rings. The lowest BCUT2D eigenvalue weighted by Gasteiger charge is -2.39. The number of carbonyl (C=O) groups is 2. The number of likely N-dealkylation sites (tertiary alicyclic amines) is 1. The van der Waals surface area contributed by atoms with Crippen LogP contribution in [0.5, 0.6) is 0 Å². The van der Waals surface area contributed by atoms with Crippen LogP contribution in [0.3, 0.4) is 0 Å². The minimum absolute atomic E-state index is 0.0672. The van der Waals surface area contributed by atoms with Crippen LogP contribution in [-0.4, -0.2) is 36.0 Å². The zero-order valence-corrected chi connectivity index (χ0v) is 15.1. The summed E-state index contributed by atoms with van der Waals surface area (Å²) in [4.78, 5) is 26.7. The maximum Gasteiger partial charge on any atom is 0.338 e. The Hall–Kier alpha value is -1.84. The Morgan fingerprint density at radius 3 is 2.71 bits per heavy atom. The Morgan fingerprint density at radius 1 is 1.25 bits per heavy atom. The van der Waals surface area contributed by atoms with Gasteiger partial charge in [0.15, 0.2) is 6.61 Å². The summed E-state index contributed by atoms with van der Waals surface area (Å²) < 4.78 is 5.26. The number of amides is 1. The van der Waals surface area contributed by atoms with Crippen molar-refractivity contribution in [3.05, 3.63) is 35.4 Å². The molecule has 2 fully saturated rings. The van der Waals surface area contributed by atoms with Crippen molar-refractivity contribution in [3.8, 4) is 0 Å². The molecule has 1 saturated carbocycles. The van der Waals surface area contributed by atoms with E-state index in [1.807, 2.05) is 24.0 Å². The van der Waals surface area contributed by atoms with Crippen LogP contribution in [0.25, 0.3) is 0 Å². The average Bonchev–Trinajstić information content (AvgIpc) is 2.73. The van der Waals surface area contributed by atoms with Crippen LogP contribution >= 0.6 is 0 Å². The first-order valence-corrected chi connectivity index (χ1v) is 8.71. The molecule has 0 aromatic heterocycles. The summed E-state index contributed by atoms with van der Waals surface area (Å²) in [5, 5.41) is 0. The van der Waals surface area contributed by atoms with Crippen molar-refractivity contribution in [2.75, 3.05) is 13.2 Å². The van der Waals surface area contributed by atoms with Gasteiger partial charge < -0.3 is 9.64 Å². The van der Waals surface area contributed by atoms with Gasteiger partial charge in [0.25, 0.3) is 5.91 Å². The number of rotatable bonds is 3. The SMILES string of the molecule is Cc1cccc(C(=O)OCC(=O)N2C[C@@]3(C)C[C@@H]2CC(C)(C)C3)c1. The lowest BCUT2D eigenvalue weighted by Crippen LogP contribution is -2.39. The van der Waals surface area contributed by atoms with Crippen molar-refractivity contribution in [2.24, 2.45) is 10.8 Å². The number of ether oxygens (including phenoxy) is 1. The molecule has 1 aliphatic heterocycles. The van der Waals surface area contributed by atoms with Crippen molar-refractivity contribution in [1.29, 1.82) is 0 Å². The second-order valence-electron chi connectivity index (χ2n) is 8.68. The molecule has 0 unspecified atom stereocenters. The van der Waals surface area contributed by atoms with Gasteiger partial charge in [0, 0.05) is 12.6 Å². The molecule has 3 rings (SSSR count). The van der Waals surface area contributed by atoms with Crippen LogP contribution in [0.2, 0.25) is 0 Å². The van der Waals surface area contributed by atoms with Crippen molar-refractivity contribution in [1.82, 2.24) is 4.90 Å². The molecular weight excluding hydrogens is 302 g/mol. The highest BCUT2D eigenvalue weighted by Gasteiger charge is 2.50. The maximum absolute atomic E-state index is 12.6. The van der Waals surface area contributed by atoms with Crippen LogP contribution in [0, 0.1) is 17.8 Å². The molecule has 4 heteroatoms. The Bertz CT molecular complexity index is 667. The highest BCUT2D eigenvalue weighted by molar-refractivity contribution is 5.91. The summed E-state index contributed by atoms with van der Waals surface area (Å²) in [6.07, 6.45) is 3.23. The fourth-order valence-electron chi connectivity index (χ4n) is 4.82. The van der Waals surface area contributed by atoms with Crippen LogP contribution < -0.4 is 0 Å². The molecule has 0 N–H and O–H groups in total. The van der Waals surface area contributed by atoms with Crippen LogP contribution in [-0.2, 0) is 9.53 Å². The van der Waals surface area contributed by atoms with Gasteiger partial charge in [-0.15, -0.1) is 0 Å². The number of esters is 1. The molecule has 1 saturated heterocycles. The van der Waals surface area contributed by atoms with Crippen molar-refractivity contribution < 1.29 is 14.3 Å². The van der Waals surface area contributed by atoms with Crippen molar-refractivity contribution >= 4 is 11.9 Å². The highest BCUT2D eigenvalue weighted by atomic mass is 16.5. The predicted octanol–water partition coefficient (Wildman–Crippen LogP) is 3.58. The quantitative estimate of drug-likeness (QED) is 0.796. The molecule has 0 radical (unpaired) electrons. The first-order valence-electron chi connectivity index (χ1n) is 8.71. The van der Waals surface area contributed by atoms with Gasteiger partial charge in [-0.05, 0) is 49.1 Å². The Balaban J connectivity index is 1.61. The average molecular weight is 329 g/mol. The summed E-state index contributed by atoms with van der Waals surface area (Å²) >= 11 is 0. The molecule has 1 aliphatic carbocycles. The summed E-state index contributed by atoms with van der Waals surface area (Å²) in [7, 11) is 0. The lowest BCUT2D eigenvalue weighted by molar-refractivity contribution is -0.135. The number of hydrogen-bond donors (Lipinski definition) is 0. The molecule has 1 heterocycles. The minimum Gasteiger partial charge on any atom is -0.452 e. The van der Waals surface area contributed by atoms with E-state index in [1.165, 1.54) is 0 Å². The number of carbonyl (C=O) groups excluding carboxylic acids is 2. The third-order valence-electron chi connectivity index (χ3n) is 5.32. The van der Waals surface area contributed by atoms with Crippen LogP contribution in [0.4, 0.5) is 0 Å². The number of fused-ring (bicyclic) bond motifs is 2. The van der Waals surface area contributed by atoms with Crippen LogP contribution in [0.1, 0.15) is 56.0 Å². The second-order valence-corrected chi connectivity index (χ2v) is 8.68. The van der Waals surface area contributed by atoms with E-state index in [4.69, 9.17) is 4.74 Å². The van der Waals surface area contributed by atoms with Gasteiger partial charge in [-0.25, -0.2) is 4.79 Å². The Morgan fingerprint density at radius 2 is 2.00 bits per heavy atom. The molecule has 130 valence electrons. The number of benzene rings is 1.